The van der Waals surface area contributed by atoms with Crippen molar-refractivity contribution in [1.82, 2.24) is 14.0 Å². The molecule has 0 aliphatic carbocycles. The smallest absolute Gasteiger partial charge is 0.340 e. The zero-order valence-electron chi connectivity index (χ0n) is 21.9. The monoisotopic (exact) mass is 552 g/mol. The molecular formula is C31H25ClN4O4. The van der Waals surface area contributed by atoms with Gasteiger partial charge < -0.3 is 15.8 Å². The van der Waals surface area contributed by atoms with Crippen molar-refractivity contribution in [3.8, 4) is 16.8 Å². The molecule has 0 bridgehead atoms. The van der Waals surface area contributed by atoms with Crippen molar-refractivity contribution in [2.75, 3.05) is 0 Å². The fourth-order valence-electron chi connectivity index (χ4n) is 5.37. The number of carbonyl (C=O) groups excluding carboxylic acids is 1. The van der Waals surface area contributed by atoms with E-state index in [0.29, 0.717) is 38.4 Å². The molecule has 0 radical (unpaired) electrons. The molecule has 6 aromatic rings. The van der Waals surface area contributed by atoms with E-state index in [1.807, 2.05) is 37.3 Å². The topological polar surface area (TPSA) is 123 Å². The van der Waals surface area contributed by atoms with E-state index in [4.69, 9.17) is 17.3 Å². The van der Waals surface area contributed by atoms with Crippen LogP contribution in [0.5, 0.6) is 0 Å². The minimum atomic E-state index is -1.06. The molecule has 1 amide bonds. The second kappa shape index (κ2) is 8.94. The van der Waals surface area contributed by atoms with Crippen LogP contribution in [0.4, 0.5) is 0 Å². The number of halogens is 1. The van der Waals surface area contributed by atoms with Crippen molar-refractivity contribution < 1.29 is 9.90 Å². The van der Waals surface area contributed by atoms with Crippen molar-refractivity contribution in [2.24, 2.45) is 5.73 Å². The van der Waals surface area contributed by atoms with E-state index >= 15 is 0 Å². The van der Waals surface area contributed by atoms with E-state index in [9.17, 15) is 19.5 Å². The zero-order valence-corrected chi connectivity index (χ0v) is 22.7. The molecule has 3 aromatic carbocycles. The summed E-state index contributed by atoms with van der Waals surface area (Å²) in [7, 11) is 0. The second-order valence-electron chi connectivity index (χ2n) is 10.4. The predicted octanol–water partition coefficient (Wildman–Crippen LogP) is 5.04. The Balaban J connectivity index is 1.65. The normalized spacial score (nSPS) is 12.0. The average Bonchev–Trinajstić information content (AvgIpc) is 3.27. The number of nitrogens with zero attached hydrogens (tertiary/aromatic N) is 2. The number of aromatic amines is 1. The Bertz CT molecular complexity index is 2150. The van der Waals surface area contributed by atoms with Gasteiger partial charge in [-0.2, -0.15) is 0 Å². The molecule has 0 saturated carbocycles. The Morgan fingerprint density at radius 3 is 2.50 bits per heavy atom. The molecule has 4 N–H and O–H groups in total. The third-order valence-corrected chi connectivity index (χ3v) is 7.63. The van der Waals surface area contributed by atoms with Crippen molar-refractivity contribution in [2.45, 2.75) is 26.4 Å². The van der Waals surface area contributed by atoms with Crippen LogP contribution in [0.2, 0.25) is 5.02 Å². The number of hydrogen-bond donors (Lipinski definition) is 3. The van der Waals surface area contributed by atoms with Crippen LogP contribution >= 0.6 is 11.6 Å². The van der Waals surface area contributed by atoms with Gasteiger partial charge >= 0.3 is 5.69 Å². The summed E-state index contributed by atoms with van der Waals surface area (Å²) in [6, 6.07) is 19.0. The van der Waals surface area contributed by atoms with Crippen LogP contribution in [0, 0.1) is 6.92 Å². The van der Waals surface area contributed by atoms with E-state index in [2.05, 4.69) is 4.98 Å². The highest BCUT2D eigenvalue weighted by Gasteiger charge is 2.22. The molecule has 9 heteroatoms. The molecule has 3 heterocycles. The Morgan fingerprint density at radius 2 is 1.77 bits per heavy atom. The quantitative estimate of drug-likeness (QED) is 0.283. The van der Waals surface area contributed by atoms with Gasteiger partial charge in [-0.1, -0.05) is 41.9 Å². The summed E-state index contributed by atoms with van der Waals surface area (Å²) < 4.78 is 2.51. The van der Waals surface area contributed by atoms with Crippen LogP contribution in [-0.4, -0.2) is 25.0 Å². The lowest BCUT2D eigenvalue weighted by Gasteiger charge is -2.17. The molecule has 6 rings (SSSR count). The van der Waals surface area contributed by atoms with Crippen molar-refractivity contribution in [3.05, 3.63) is 115 Å². The molecule has 0 saturated heterocycles. The van der Waals surface area contributed by atoms with Gasteiger partial charge in [0.1, 0.15) is 0 Å². The third kappa shape index (κ3) is 3.92. The number of primary amides is 1. The minimum absolute atomic E-state index is 0.330. The number of aliphatic hydroxyl groups is 1. The highest BCUT2D eigenvalue weighted by atomic mass is 35.5. The largest absolute Gasteiger partial charge is 0.386 e. The summed E-state index contributed by atoms with van der Waals surface area (Å²) in [5.74, 6) is -0.577. The number of rotatable bonds is 4. The summed E-state index contributed by atoms with van der Waals surface area (Å²) in [6.07, 6.45) is 1.54. The summed E-state index contributed by atoms with van der Waals surface area (Å²) in [6.45, 7) is 5.26. The van der Waals surface area contributed by atoms with Gasteiger partial charge in [-0.15, -0.1) is 0 Å². The van der Waals surface area contributed by atoms with Gasteiger partial charge in [0.2, 0.25) is 0 Å². The van der Waals surface area contributed by atoms with E-state index in [-0.39, 0.29) is 0 Å². The van der Waals surface area contributed by atoms with Gasteiger partial charge in [-0.25, -0.2) is 9.36 Å². The molecule has 0 unspecified atom stereocenters. The Morgan fingerprint density at radius 1 is 1.00 bits per heavy atom. The summed E-state index contributed by atoms with van der Waals surface area (Å²) in [4.78, 5) is 42.3. The lowest BCUT2D eigenvalue weighted by Crippen LogP contribution is -2.36. The van der Waals surface area contributed by atoms with Crippen molar-refractivity contribution in [1.29, 1.82) is 0 Å². The average molecular weight is 553 g/mol. The first kappa shape index (κ1) is 25.6. The van der Waals surface area contributed by atoms with Gasteiger partial charge in [-0.05, 0) is 73.4 Å². The van der Waals surface area contributed by atoms with Gasteiger partial charge in [0.05, 0.1) is 27.9 Å². The van der Waals surface area contributed by atoms with Crippen LogP contribution in [0.25, 0.3) is 44.1 Å². The highest BCUT2D eigenvalue weighted by molar-refractivity contribution is 6.30. The van der Waals surface area contributed by atoms with E-state index in [1.165, 1.54) is 16.7 Å². The molecule has 0 aliphatic rings. The molecule has 0 aliphatic heterocycles. The van der Waals surface area contributed by atoms with Gasteiger partial charge in [0.15, 0.2) is 0 Å². The summed E-state index contributed by atoms with van der Waals surface area (Å²) >= 11 is 6.07. The SMILES string of the molecule is Cc1c(-c2ccc(C(N)=O)c3[nH]c4cc(C(C)(C)O)ccc4c23)cccc1-n1c(=O)cc2cc(Cl)ccn2c1=O. The molecule has 8 nitrogen and oxygen atoms in total. The first-order chi connectivity index (χ1) is 19.0. The van der Waals surface area contributed by atoms with Crippen LogP contribution in [0.1, 0.15) is 35.3 Å². The first-order valence-corrected chi connectivity index (χ1v) is 13.0. The maximum Gasteiger partial charge on any atom is 0.340 e. The van der Waals surface area contributed by atoms with Gasteiger partial charge in [-0.3, -0.25) is 14.0 Å². The Kier molecular flexibility index (Phi) is 5.72. The first-order valence-electron chi connectivity index (χ1n) is 12.6. The lowest BCUT2D eigenvalue weighted by atomic mass is 9.92. The second-order valence-corrected chi connectivity index (χ2v) is 10.8. The van der Waals surface area contributed by atoms with Crippen LogP contribution < -0.4 is 17.0 Å². The summed E-state index contributed by atoms with van der Waals surface area (Å²) in [5, 5.41) is 12.6. The highest BCUT2D eigenvalue weighted by Crippen LogP contribution is 2.39. The molecule has 0 atom stereocenters. The predicted molar refractivity (Wildman–Crippen MR) is 158 cm³/mol. The number of carbonyl (C=O) groups is 1. The molecular weight excluding hydrogens is 528 g/mol. The van der Waals surface area contributed by atoms with E-state index in [1.54, 1.807) is 44.2 Å². The van der Waals surface area contributed by atoms with Crippen molar-refractivity contribution in [3.63, 3.8) is 0 Å². The number of nitrogens with two attached hydrogens (primary N) is 1. The fraction of sp³-hybridized carbons (Fsp3) is 0.129. The number of H-pyrrole nitrogens is 1. The van der Waals surface area contributed by atoms with Crippen LogP contribution in [0.3, 0.4) is 0 Å². The van der Waals surface area contributed by atoms with Crippen LogP contribution in [-0.2, 0) is 5.60 Å². The van der Waals surface area contributed by atoms with Gasteiger partial charge in [0, 0.05) is 33.6 Å². The molecule has 3 aromatic heterocycles. The van der Waals surface area contributed by atoms with E-state index < -0.39 is 22.8 Å². The Labute approximate surface area is 232 Å². The standard InChI is InChI=1S/C31H25ClN4O4/c1-16-20(5-4-6-25(16)36-26(37)15-19-14-18(32)11-12-35(19)30(36)39)21-9-10-23(29(33)38)28-27(21)22-8-7-17(31(2,3)40)13-24(22)34-28/h4-15,34,40H,1-3H3,(H2,33,38). The minimum Gasteiger partial charge on any atom is -0.386 e. The van der Waals surface area contributed by atoms with E-state index in [0.717, 1.165) is 32.0 Å². The number of pyridine rings is 1. The van der Waals surface area contributed by atoms with Gasteiger partial charge in [0.25, 0.3) is 11.5 Å². The summed E-state index contributed by atoms with van der Waals surface area (Å²) in [5.41, 5.74) is 9.13. The van der Waals surface area contributed by atoms with Crippen LogP contribution in [0.15, 0.2) is 82.5 Å². The number of nitrogens with one attached hydrogen (secondary N) is 1. The van der Waals surface area contributed by atoms with Crippen molar-refractivity contribution >= 4 is 44.8 Å². The number of aromatic nitrogens is 3. The number of amides is 1. The number of benzene rings is 3. The number of fused-ring (bicyclic) bond motifs is 4. The molecule has 200 valence electrons. The molecule has 0 spiro atoms. The zero-order chi connectivity index (χ0) is 28.5. The third-order valence-electron chi connectivity index (χ3n) is 7.40. The lowest BCUT2D eigenvalue weighted by molar-refractivity contribution is 0.0787. The Hall–Kier alpha value is -4.66. The number of hydrogen-bond acceptors (Lipinski definition) is 4. The molecule has 0 fully saturated rings. The molecule has 40 heavy (non-hydrogen) atoms. The maximum atomic E-state index is 13.4. The maximum absolute atomic E-state index is 13.4. The fourth-order valence-corrected chi connectivity index (χ4v) is 5.54.